The molecule has 0 saturated carbocycles. The number of nitrogen functional groups attached to an aromatic ring is 1. The Balaban J connectivity index is 2.02. The van der Waals surface area contributed by atoms with E-state index in [4.69, 9.17) is 5.73 Å². The topological polar surface area (TPSA) is 88.3 Å². The molecule has 1 saturated heterocycles. The summed E-state index contributed by atoms with van der Waals surface area (Å²) >= 11 is 0. The van der Waals surface area contributed by atoms with Crippen molar-refractivity contribution in [1.82, 2.24) is 14.6 Å². The van der Waals surface area contributed by atoms with E-state index in [9.17, 15) is 8.42 Å². The van der Waals surface area contributed by atoms with Gasteiger partial charge in [0.1, 0.15) is 10.7 Å². The molecule has 1 aliphatic heterocycles. The molecule has 100 valence electrons. The number of likely N-dealkylation sites (tertiary alicyclic amines) is 1. The minimum atomic E-state index is -3.55. The van der Waals surface area contributed by atoms with E-state index in [-0.39, 0.29) is 10.7 Å². The molecule has 2 rings (SSSR count). The monoisotopic (exact) mass is 270 g/mol. The summed E-state index contributed by atoms with van der Waals surface area (Å²) in [6, 6.07) is 3.03. The van der Waals surface area contributed by atoms with Gasteiger partial charge in [0.15, 0.2) is 0 Å². The van der Waals surface area contributed by atoms with Gasteiger partial charge in [0.05, 0.1) is 0 Å². The SMILES string of the molecule is CN1CCC(CNS(=O)(=O)c2cccnc2N)C1. The standard InChI is InChI=1S/C11H18N4O2S/c1-15-6-4-9(8-15)7-14-18(16,17)10-3-2-5-13-11(10)12/h2-3,5,9,14H,4,6-8H2,1H3,(H2,12,13). The molecule has 1 unspecified atom stereocenters. The predicted molar refractivity (Wildman–Crippen MR) is 69.4 cm³/mol. The second-order valence-corrected chi connectivity index (χ2v) is 6.39. The Kier molecular flexibility index (Phi) is 3.84. The Morgan fingerprint density at radius 3 is 3.00 bits per heavy atom. The molecule has 1 atom stereocenters. The van der Waals surface area contributed by atoms with Crippen molar-refractivity contribution in [3.63, 3.8) is 0 Å². The number of aromatic nitrogens is 1. The van der Waals surface area contributed by atoms with Crippen molar-refractivity contribution in [2.24, 2.45) is 5.92 Å². The number of nitrogens with zero attached hydrogens (tertiary/aromatic N) is 2. The Morgan fingerprint density at radius 1 is 1.61 bits per heavy atom. The van der Waals surface area contributed by atoms with Crippen LogP contribution in [0.5, 0.6) is 0 Å². The highest BCUT2D eigenvalue weighted by Gasteiger charge is 2.23. The average Bonchev–Trinajstić information content (AvgIpc) is 2.73. The van der Waals surface area contributed by atoms with Gasteiger partial charge in [-0.15, -0.1) is 0 Å². The van der Waals surface area contributed by atoms with Crippen molar-refractivity contribution in [3.05, 3.63) is 18.3 Å². The molecule has 1 aliphatic rings. The van der Waals surface area contributed by atoms with E-state index in [1.807, 2.05) is 7.05 Å². The second kappa shape index (κ2) is 5.21. The fourth-order valence-corrected chi connectivity index (χ4v) is 3.32. The molecule has 0 radical (unpaired) electrons. The molecule has 0 aromatic carbocycles. The fraction of sp³-hybridized carbons (Fsp3) is 0.545. The van der Waals surface area contributed by atoms with Crippen LogP contribution in [0.25, 0.3) is 0 Å². The third kappa shape index (κ3) is 2.98. The first-order valence-corrected chi connectivity index (χ1v) is 7.36. The number of hydrogen-bond acceptors (Lipinski definition) is 5. The van der Waals surface area contributed by atoms with Crippen molar-refractivity contribution in [2.75, 3.05) is 32.4 Å². The molecule has 0 aliphatic carbocycles. The molecule has 0 bridgehead atoms. The summed E-state index contributed by atoms with van der Waals surface area (Å²) in [6.07, 6.45) is 2.49. The van der Waals surface area contributed by atoms with Crippen molar-refractivity contribution < 1.29 is 8.42 Å². The third-order valence-electron chi connectivity index (χ3n) is 3.14. The van der Waals surface area contributed by atoms with E-state index in [1.165, 1.54) is 12.3 Å². The summed E-state index contributed by atoms with van der Waals surface area (Å²) in [4.78, 5) is 6.03. The number of sulfonamides is 1. The van der Waals surface area contributed by atoms with Gasteiger partial charge in [-0.25, -0.2) is 18.1 Å². The molecule has 1 fully saturated rings. The molecular weight excluding hydrogens is 252 g/mol. The predicted octanol–water partition coefficient (Wildman–Crippen LogP) is -0.106. The summed E-state index contributed by atoms with van der Waals surface area (Å²) in [5.74, 6) is 0.399. The van der Waals surface area contributed by atoms with E-state index >= 15 is 0 Å². The molecule has 1 aromatic heterocycles. The third-order valence-corrected chi connectivity index (χ3v) is 4.61. The lowest BCUT2D eigenvalue weighted by atomic mass is 10.1. The van der Waals surface area contributed by atoms with Crippen LogP contribution in [0.4, 0.5) is 5.82 Å². The first kappa shape index (κ1) is 13.3. The van der Waals surface area contributed by atoms with Crippen LogP contribution >= 0.6 is 0 Å². The van der Waals surface area contributed by atoms with Crippen LogP contribution in [0.15, 0.2) is 23.2 Å². The number of rotatable bonds is 4. The van der Waals surface area contributed by atoms with Gasteiger partial charge in [0, 0.05) is 19.3 Å². The lowest BCUT2D eigenvalue weighted by molar-refractivity contribution is 0.394. The van der Waals surface area contributed by atoms with Crippen LogP contribution in [0.2, 0.25) is 0 Å². The maximum absolute atomic E-state index is 12.0. The van der Waals surface area contributed by atoms with Gasteiger partial charge in [0.2, 0.25) is 10.0 Å². The normalized spacial score (nSPS) is 21.3. The van der Waals surface area contributed by atoms with E-state index in [0.717, 1.165) is 19.5 Å². The van der Waals surface area contributed by atoms with Crippen LogP contribution in [0, 0.1) is 5.92 Å². The molecule has 2 heterocycles. The second-order valence-electron chi connectivity index (χ2n) is 4.66. The Hall–Kier alpha value is -1.18. The molecule has 7 heteroatoms. The van der Waals surface area contributed by atoms with Gasteiger partial charge < -0.3 is 10.6 Å². The molecule has 0 amide bonds. The van der Waals surface area contributed by atoms with E-state index < -0.39 is 10.0 Å². The highest BCUT2D eigenvalue weighted by Crippen LogP contribution is 2.17. The van der Waals surface area contributed by atoms with Crippen molar-refractivity contribution in [1.29, 1.82) is 0 Å². The average molecular weight is 270 g/mol. The van der Waals surface area contributed by atoms with Crippen LogP contribution in [-0.2, 0) is 10.0 Å². The zero-order valence-electron chi connectivity index (χ0n) is 10.3. The van der Waals surface area contributed by atoms with E-state index in [1.54, 1.807) is 6.07 Å². The lowest BCUT2D eigenvalue weighted by Crippen LogP contribution is -2.31. The highest BCUT2D eigenvalue weighted by molar-refractivity contribution is 7.89. The van der Waals surface area contributed by atoms with Crippen LogP contribution in [-0.4, -0.2) is 45.0 Å². The molecule has 6 nitrogen and oxygen atoms in total. The first-order chi connectivity index (χ1) is 8.49. The Morgan fingerprint density at radius 2 is 2.39 bits per heavy atom. The first-order valence-electron chi connectivity index (χ1n) is 5.88. The molecule has 18 heavy (non-hydrogen) atoms. The summed E-state index contributed by atoms with van der Waals surface area (Å²) in [7, 11) is -1.52. The summed E-state index contributed by atoms with van der Waals surface area (Å²) in [5, 5.41) is 0. The largest absolute Gasteiger partial charge is 0.383 e. The van der Waals surface area contributed by atoms with Gasteiger partial charge in [0.25, 0.3) is 0 Å². The zero-order valence-corrected chi connectivity index (χ0v) is 11.2. The molecule has 1 aromatic rings. The van der Waals surface area contributed by atoms with Gasteiger partial charge in [-0.2, -0.15) is 0 Å². The summed E-state index contributed by atoms with van der Waals surface area (Å²) in [6.45, 7) is 2.38. The maximum Gasteiger partial charge on any atom is 0.244 e. The smallest absolute Gasteiger partial charge is 0.244 e. The van der Waals surface area contributed by atoms with Crippen LogP contribution in [0.1, 0.15) is 6.42 Å². The van der Waals surface area contributed by atoms with Crippen molar-refractivity contribution >= 4 is 15.8 Å². The van der Waals surface area contributed by atoms with Gasteiger partial charge in [-0.1, -0.05) is 0 Å². The van der Waals surface area contributed by atoms with Crippen LogP contribution in [0.3, 0.4) is 0 Å². The molecule has 3 N–H and O–H groups in total. The summed E-state index contributed by atoms with van der Waals surface area (Å²) < 4.78 is 26.7. The molecular formula is C11H18N4O2S. The van der Waals surface area contributed by atoms with Crippen molar-refractivity contribution in [3.8, 4) is 0 Å². The van der Waals surface area contributed by atoms with E-state index in [2.05, 4.69) is 14.6 Å². The maximum atomic E-state index is 12.0. The number of pyridine rings is 1. The van der Waals surface area contributed by atoms with Gasteiger partial charge in [-0.05, 0) is 38.1 Å². The minimum absolute atomic E-state index is 0.0357. The number of hydrogen-bond donors (Lipinski definition) is 2. The molecule has 0 spiro atoms. The summed E-state index contributed by atoms with van der Waals surface area (Å²) in [5.41, 5.74) is 5.57. The Bertz CT molecular complexity index is 518. The van der Waals surface area contributed by atoms with Crippen LogP contribution < -0.4 is 10.5 Å². The van der Waals surface area contributed by atoms with Gasteiger partial charge >= 0.3 is 0 Å². The number of nitrogens with two attached hydrogens (primary N) is 1. The van der Waals surface area contributed by atoms with Crippen molar-refractivity contribution in [2.45, 2.75) is 11.3 Å². The number of nitrogens with one attached hydrogen (secondary N) is 1. The minimum Gasteiger partial charge on any atom is -0.383 e. The number of anilines is 1. The fourth-order valence-electron chi connectivity index (χ4n) is 2.13. The lowest BCUT2D eigenvalue weighted by Gasteiger charge is -2.12. The van der Waals surface area contributed by atoms with Gasteiger partial charge in [-0.3, -0.25) is 0 Å². The van der Waals surface area contributed by atoms with E-state index in [0.29, 0.717) is 12.5 Å². The zero-order chi connectivity index (χ0) is 13.2. The Labute approximate surface area is 107 Å². The highest BCUT2D eigenvalue weighted by atomic mass is 32.2. The quantitative estimate of drug-likeness (QED) is 0.797.